The first kappa shape index (κ1) is 14.9. The van der Waals surface area contributed by atoms with Gasteiger partial charge in [-0.1, -0.05) is 81.2 Å². The molecule has 0 spiro atoms. The van der Waals surface area contributed by atoms with Crippen molar-refractivity contribution in [2.24, 2.45) is 0 Å². The highest BCUT2D eigenvalue weighted by atomic mass is 33.5. The molecule has 0 saturated carbocycles. The molecule has 2 aromatic rings. The van der Waals surface area contributed by atoms with Gasteiger partial charge in [0.05, 0.1) is 0 Å². The number of hydrogen-bond acceptors (Lipinski definition) is 3. The summed E-state index contributed by atoms with van der Waals surface area (Å²) >= 11 is 0. The molecular formula is C16H18S3. The highest BCUT2D eigenvalue weighted by molar-refractivity contribution is 9.09. The standard InChI is InChI=1S/C16H18S3/c1-13-5-3-7-15(9-13)11-17-19-18-12-16-8-4-6-14(2)10-16/h3-10H,11-12H2,1-2H3. The highest BCUT2D eigenvalue weighted by Crippen LogP contribution is 2.38. The van der Waals surface area contributed by atoms with Gasteiger partial charge in [-0.15, -0.1) is 0 Å². The van der Waals surface area contributed by atoms with Gasteiger partial charge < -0.3 is 0 Å². The van der Waals surface area contributed by atoms with Crippen molar-refractivity contribution in [3.63, 3.8) is 0 Å². The van der Waals surface area contributed by atoms with Gasteiger partial charge in [0, 0.05) is 11.5 Å². The Morgan fingerprint density at radius 1 is 0.737 bits per heavy atom. The van der Waals surface area contributed by atoms with Crippen LogP contribution in [0.15, 0.2) is 48.5 Å². The molecule has 0 aliphatic carbocycles. The van der Waals surface area contributed by atoms with Crippen LogP contribution in [0.4, 0.5) is 0 Å². The van der Waals surface area contributed by atoms with Crippen molar-refractivity contribution in [2.45, 2.75) is 25.4 Å². The summed E-state index contributed by atoms with van der Waals surface area (Å²) in [6.45, 7) is 4.29. The Kier molecular flexibility index (Phi) is 6.21. The number of benzene rings is 2. The van der Waals surface area contributed by atoms with Crippen LogP contribution in [0.5, 0.6) is 0 Å². The van der Waals surface area contributed by atoms with Crippen LogP contribution in [0, 0.1) is 13.8 Å². The van der Waals surface area contributed by atoms with E-state index in [2.05, 4.69) is 62.4 Å². The van der Waals surface area contributed by atoms with E-state index in [0.29, 0.717) is 0 Å². The van der Waals surface area contributed by atoms with Gasteiger partial charge in [0.15, 0.2) is 0 Å². The third-order valence-electron chi connectivity index (χ3n) is 2.71. The second kappa shape index (κ2) is 7.93. The summed E-state index contributed by atoms with van der Waals surface area (Å²) in [5.41, 5.74) is 5.51. The maximum Gasteiger partial charge on any atom is 0.0297 e. The van der Waals surface area contributed by atoms with Gasteiger partial charge in [-0.2, -0.15) is 0 Å². The fraction of sp³-hybridized carbons (Fsp3) is 0.250. The molecule has 0 radical (unpaired) electrons. The van der Waals surface area contributed by atoms with Gasteiger partial charge in [-0.3, -0.25) is 0 Å². The molecule has 0 aliphatic rings. The molecule has 3 heteroatoms. The Morgan fingerprint density at radius 2 is 1.21 bits per heavy atom. The summed E-state index contributed by atoms with van der Waals surface area (Å²) in [6.07, 6.45) is 0. The lowest BCUT2D eigenvalue weighted by Gasteiger charge is -2.03. The number of aryl methyl sites for hydroxylation is 2. The van der Waals surface area contributed by atoms with E-state index >= 15 is 0 Å². The molecule has 0 N–H and O–H groups in total. The molecule has 0 bridgehead atoms. The number of rotatable bonds is 6. The second-order valence-electron chi connectivity index (χ2n) is 4.57. The molecule has 0 saturated heterocycles. The Balaban J connectivity index is 1.67. The average molecular weight is 307 g/mol. The lowest BCUT2D eigenvalue weighted by Crippen LogP contribution is -1.80. The zero-order valence-electron chi connectivity index (χ0n) is 11.3. The van der Waals surface area contributed by atoms with Crippen molar-refractivity contribution >= 4 is 31.4 Å². The van der Waals surface area contributed by atoms with Crippen LogP contribution >= 0.6 is 31.4 Å². The number of hydrogen-bond donors (Lipinski definition) is 0. The third-order valence-corrected chi connectivity index (χ3v) is 6.82. The van der Waals surface area contributed by atoms with E-state index in [1.54, 1.807) is 0 Å². The lowest BCUT2D eigenvalue weighted by atomic mass is 10.2. The van der Waals surface area contributed by atoms with Crippen LogP contribution in [-0.4, -0.2) is 0 Å². The van der Waals surface area contributed by atoms with Crippen LogP contribution in [0.1, 0.15) is 22.3 Å². The third kappa shape index (κ3) is 5.55. The van der Waals surface area contributed by atoms with E-state index in [4.69, 9.17) is 0 Å². The van der Waals surface area contributed by atoms with Gasteiger partial charge in [0.2, 0.25) is 0 Å². The summed E-state index contributed by atoms with van der Waals surface area (Å²) in [4.78, 5) is 0. The predicted octanol–water partition coefficient (Wildman–Crippen LogP) is 6.03. The molecule has 0 atom stereocenters. The molecular weight excluding hydrogens is 288 g/mol. The van der Waals surface area contributed by atoms with E-state index in [1.807, 2.05) is 31.4 Å². The minimum Gasteiger partial charge on any atom is -0.0777 e. The van der Waals surface area contributed by atoms with Crippen molar-refractivity contribution in [3.05, 3.63) is 70.8 Å². The summed E-state index contributed by atoms with van der Waals surface area (Å²) in [5.74, 6) is 2.15. The minimum absolute atomic E-state index is 1.08. The van der Waals surface area contributed by atoms with Gasteiger partial charge in [-0.25, -0.2) is 0 Å². The maximum absolute atomic E-state index is 2.26. The monoisotopic (exact) mass is 306 g/mol. The largest absolute Gasteiger partial charge is 0.0777 e. The van der Waals surface area contributed by atoms with E-state index in [9.17, 15) is 0 Å². The first-order valence-electron chi connectivity index (χ1n) is 6.26. The SMILES string of the molecule is Cc1cccc(CSSSCc2cccc(C)c2)c1. The van der Waals surface area contributed by atoms with Crippen LogP contribution in [-0.2, 0) is 11.5 Å². The Morgan fingerprint density at radius 3 is 1.63 bits per heavy atom. The first-order chi connectivity index (χ1) is 9.24. The van der Waals surface area contributed by atoms with Crippen molar-refractivity contribution in [1.29, 1.82) is 0 Å². The lowest BCUT2D eigenvalue weighted by molar-refractivity contribution is 1.36. The molecule has 2 rings (SSSR count). The smallest absolute Gasteiger partial charge is 0.0297 e. The quantitative estimate of drug-likeness (QED) is 0.472. The van der Waals surface area contributed by atoms with Crippen molar-refractivity contribution in [2.75, 3.05) is 0 Å². The van der Waals surface area contributed by atoms with E-state index < -0.39 is 0 Å². The fourth-order valence-corrected chi connectivity index (χ4v) is 5.41. The molecule has 100 valence electrons. The zero-order chi connectivity index (χ0) is 13.5. The van der Waals surface area contributed by atoms with Crippen molar-refractivity contribution in [3.8, 4) is 0 Å². The van der Waals surface area contributed by atoms with E-state index in [1.165, 1.54) is 22.3 Å². The van der Waals surface area contributed by atoms with E-state index in [0.717, 1.165) is 11.5 Å². The molecule has 0 heterocycles. The van der Waals surface area contributed by atoms with Gasteiger partial charge in [-0.05, 0) is 34.8 Å². The van der Waals surface area contributed by atoms with Crippen molar-refractivity contribution < 1.29 is 0 Å². The van der Waals surface area contributed by atoms with Crippen LogP contribution < -0.4 is 0 Å². The van der Waals surface area contributed by atoms with Gasteiger partial charge in [0.1, 0.15) is 0 Å². The Labute approximate surface area is 127 Å². The van der Waals surface area contributed by atoms with Crippen LogP contribution in [0.3, 0.4) is 0 Å². The van der Waals surface area contributed by atoms with Crippen LogP contribution in [0.2, 0.25) is 0 Å². The summed E-state index contributed by atoms with van der Waals surface area (Å²) in [7, 11) is 5.72. The predicted molar refractivity (Wildman–Crippen MR) is 92.5 cm³/mol. The summed E-state index contributed by atoms with van der Waals surface area (Å²) in [5, 5.41) is 0. The summed E-state index contributed by atoms with van der Waals surface area (Å²) in [6, 6.07) is 17.5. The van der Waals surface area contributed by atoms with Crippen molar-refractivity contribution in [1.82, 2.24) is 0 Å². The Hall–Kier alpha value is -0.510. The highest BCUT2D eigenvalue weighted by Gasteiger charge is 1.97. The Bertz CT molecular complexity index is 475. The van der Waals surface area contributed by atoms with E-state index in [-0.39, 0.29) is 0 Å². The molecule has 0 nitrogen and oxygen atoms in total. The zero-order valence-corrected chi connectivity index (χ0v) is 13.7. The van der Waals surface area contributed by atoms with Gasteiger partial charge in [0.25, 0.3) is 0 Å². The molecule has 2 aromatic carbocycles. The average Bonchev–Trinajstić information content (AvgIpc) is 2.38. The topological polar surface area (TPSA) is 0 Å². The molecule has 19 heavy (non-hydrogen) atoms. The fourth-order valence-electron chi connectivity index (χ4n) is 1.82. The van der Waals surface area contributed by atoms with Gasteiger partial charge >= 0.3 is 0 Å². The summed E-state index contributed by atoms with van der Waals surface area (Å²) < 4.78 is 0. The normalized spacial score (nSPS) is 10.6. The molecule has 0 unspecified atom stereocenters. The second-order valence-corrected chi connectivity index (χ2v) is 8.80. The molecule has 0 aliphatic heterocycles. The minimum atomic E-state index is 1.08. The molecule has 0 aromatic heterocycles. The first-order valence-corrected chi connectivity index (χ1v) is 10.1. The van der Waals surface area contributed by atoms with Crippen LogP contribution in [0.25, 0.3) is 0 Å². The maximum atomic E-state index is 2.26. The molecule has 0 amide bonds. The molecule has 0 fully saturated rings.